The second-order valence-corrected chi connectivity index (χ2v) is 10.0. The molecule has 29 heavy (non-hydrogen) atoms. The molecule has 1 atom stereocenters. The number of hydrogen-bond acceptors (Lipinski definition) is 2. The van der Waals surface area contributed by atoms with Crippen LogP contribution in [0.3, 0.4) is 0 Å². The SMILES string of the molecule is CCCCCCC(C)CCCCCCCCCCCONCCC[N+](C)(C)C.[Cl-]. The minimum atomic E-state index is 0. The minimum absolute atomic E-state index is 0. The summed E-state index contributed by atoms with van der Waals surface area (Å²) in [7, 11) is 6.70. The Morgan fingerprint density at radius 1 is 0.690 bits per heavy atom. The lowest BCUT2D eigenvalue weighted by Crippen LogP contribution is -3.00. The Morgan fingerprint density at radius 3 is 1.69 bits per heavy atom. The van der Waals surface area contributed by atoms with Crippen molar-refractivity contribution in [1.82, 2.24) is 5.48 Å². The second-order valence-electron chi connectivity index (χ2n) is 10.0. The fraction of sp³-hybridized carbons (Fsp3) is 1.00. The molecule has 178 valence electrons. The van der Waals surface area contributed by atoms with Crippen LogP contribution in [0.15, 0.2) is 0 Å². The molecule has 0 aliphatic heterocycles. The Hall–Kier alpha value is 0.170. The van der Waals surface area contributed by atoms with Crippen molar-refractivity contribution in [3.63, 3.8) is 0 Å². The number of halogens is 1. The standard InChI is InChI=1S/C25H55N2O.ClH/c1-6-7-8-16-20-25(2)21-17-14-12-10-9-11-13-15-18-24-28-26-22-19-23-27(3,4)5;/h25-26H,6-24H2,1-5H3;1H/q+1;/p-1. The molecule has 0 saturated heterocycles. The minimum Gasteiger partial charge on any atom is -1.00 e. The number of hydroxylamine groups is 1. The van der Waals surface area contributed by atoms with E-state index < -0.39 is 0 Å². The van der Waals surface area contributed by atoms with E-state index in [0.29, 0.717) is 0 Å². The second kappa shape index (κ2) is 22.8. The Morgan fingerprint density at radius 2 is 1.17 bits per heavy atom. The maximum Gasteiger partial charge on any atom is 0.0793 e. The van der Waals surface area contributed by atoms with Crippen LogP contribution in [0, 0.1) is 5.92 Å². The Bertz CT molecular complexity index is 308. The van der Waals surface area contributed by atoms with Crippen LogP contribution < -0.4 is 17.9 Å². The molecule has 0 amide bonds. The average molecular weight is 435 g/mol. The number of unbranched alkanes of at least 4 members (excludes halogenated alkanes) is 11. The largest absolute Gasteiger partial charge is 1.00 e. The van der Waals surface area contributed by atoms with Crippen molar-refractivity contribution in [1.29, 1.82) is 0 Å². The lowest BCUT2D eigenvalue weighted by Gasteiger charge is -2.23. The molecule has 0 heterocycles. The van der Waals surface area contributed by atoms with Gasteiger partial charge in [0.25, 0.3) is 0 Å². The van der Waals surface area contributed by atoms with E-state index in [1.807, 2.05) is 0 Å². The Balaban J connectivity index is 0. The van der Waals surface area contributed by atoms with Gasteiger partial charge in [0.2, 0.25) is 0 Å². The zero-order chi connectivity index (χ0) is 20.9. The summed E-state index contributed by atoms with van der Waals surface area (Å²) >= 11 is 0. The van der Waals surface area contributed by atoms with Crippen molar-refractivity contribution in [2.45, 2.75) is 117 Å². The van der Waals surface area contributed by atoms with Crippen molar-refractivity contribution >= 4 is 0 Å². The van der Waals surface area contributed by atoms with Gasteiger partial charge in [-0.2, -0.15) is 0 Å². The molecule has 0 aliphatic carbocycles. The summed E-state index contributed by atoms with van der Waals surface area (Å²) in [6.07, 6.45) is 22.3. The predicted octanol–water partition coefficient (Wildman–Crippen LogP) is 4.12. The van der Waals surface area contributed by atoms with Crippen LogP contribution in [-0.4, -0.2) is 45.3 Å². The van der Waals surface area contributed by atoms with E-state index in [1.165, 1.54) is 109 Å². The van der Waals surface area contributed by atoms with Crippen molar-refractivity contribution in [2.75, 3.05) is 40.8 Å². The maximum absolute atomic E-state index is 5.52. The van der Waals surface area contributed by atoms with E-state index in [9.17, 15) is 0 Å². The molecule has 0 aliphatic rings. The van der Waals surface area contributed by atoms with Gasteiger partial charge < -0.3 is 21.7 Å². The van der Waals surface area contributed by atoms with Gasteiger partial charge in [0.1, 0.15) is 0 Å². The van der Waals surface area contributed by atoms with Crippen LogP contribution in [0.1, 0.15) is 117 Å². The number of nitrogens with zero attached hydrogens (tertiary/aromatic N) is 1. The van der Waals surface area contributed by atoms with Gasteiger partial charge in [-0.3, -0.25) is 0 Å². The van der Waals surface area contributed by atoms with Crippen molar-refractivity contribution < 1.29 is 21.7 Å². The van der Waals surface area contributed by atoms with Crippen molar-refractivity contribution in [2.24, 2.45) is 5.92 Å². The highest BCUT2D eigenvalue weighted by atomic mass is 35.5. The van der Waals surface area contributed by atoms with Crippen LogP contribution >= 0.6 is 0 Å². The third-order valence-corrected chi connectivity index (χ3v) is 5.70. The van der Waals surface area contributed by atoms with Crippen molar-refractivity contribution in [3.05, 3.63) is 0 Å². The smallest absolute Gasteiger partial charge is 0.0793 e. The summed E-state index contributed by atoms with van der Waals surface area (Å²) in [5.74, 6) is 0.950. The van der Waals surface area contributed by atoms with Crippen LogP contribution in [0.5, 0.6) is 0 Å². The van der Waals surface area contributed by atoms with Gasteiger partial charge in [0.15, 0.2) is 0 Å². The number of nitrogens with one attached hydrogen (secondary N) is 1. The summed E-state index contributed by atoms with van der Waals surface area (Å²) in [6, 6.07) is 0. The van der Waals surface area contributed by atoms with E-state index in [2.05, 4.69) is 40.5 Å². The highest BCUT2D eigenvalue weighted by Gasteiger charge is 2.05. The van der Waals surface area contributed by atoms with E-state index in [4.69, 9.17) is 4.84 Å². The summed E-state index contributed by atoms with van der Waals surface area (Å²) in [4.78, 5) is 5.52. The van der Waals surface area contributed by atoms with Gasteiger partial charge in [0.05, 0.1) is 34.3 Å². The molecule has 3 nitrogen and oxygen atoms in total. The van der Waals surface area contributed by atoms with Gasteiger partial charge in [0, 0.05) is 13.0 Å². The molecule has 0 fully saturated rings. The van der Waals surface area contributed by atoms with Crippen LogP contribution in [-0.2, 0) is 4.84 Å². The summed E-state index contributed by atoms with van der Waals surface area (Å²) in [5, 5.41) is 0. The molecule has 0 aromatic carbocycles. The molecule has 0 radical (unpaired) electrons. The quantitative estimate of drug-likeness (QED) is 0.157. The third-order valence-electron chi connectivity index (χ3n) is 5.70. The van der Waals surface area contributed by atoms with Gasteiger partial charge >= 0.3 is 0 Å². The topological polar surface area (TPSA) is 21.3 Å². The van der Waals surface area contributed by atoms with Crippen molar-refractivity contribution in [3.8, 4) is 0 Å². The number of hydrogen-bond donors (Lipinski definition) is 1. The third kappa shape index (κ3) is 28.2. The molecule has 0 spiro atoms. The number of quaternary nitrogens is 1. The molecule has 0 aromatic heterocycles. The molecule has 1 N–H and O–H groups in total. The molecule has 0 bridgehead atoms. The highest BCUT2D eigenvalue weighted by molar-refractivity contribution is 4.55. The lowest BCUT2D eigenvalue weighted by atomic mass is 9.96. The fourth-order valence-corrected chi connectivity index (χ4v) is 3.74. The van der Waals surface area contributed by atoms with Crippen LogP contribution in [0.4, 0.5) is 0 Å². The Kier molecular flexibility index (Phi) is 24.7. The van der Waals surface area contributed by atoms with E-state index in [1.54, 1.807) is 0 Å². The van der Waals surface area contributed by atoms with E-state index >= 15 is 0 Å². The fourth-order valence-electron chi connectivity index (χ4n) is 3.74. The van der Waals surface area contributed by atoms with E-state index in [-0.39, 0.29) is 12.4 Å². The first-order chi connectivity index (χ1) is 13.5. The molecule has 0 aromatic rings. The lowest BCUT2D eigenvalue weighted by molar-refractivity contribution is -0.870. The first-order valence-electron chi connectivity index (χ1n) is 12.6. The monoisotopic (exact) mass is 434 g/mol. The van der Waals surface area contributed by atoms with Gasteiger partial charge in [-0.15, -0.1) is 0 Å². The first kappa shape index (κ1) is 31.4. The summed E-state index contributed by atoms with van der Waals surface area (Å²) in [6.45, 7) is 7.77. The molecule has 0 rings (SSSR count). The highest BCUT2D eigenvalue weighted by Crippen LogP contribution is 2.18. The zero-order valence-corrected chi connectivity index (χ0v) is 21.5. The summed E-state index contributed by atoms with van der Waals surface area (Å²) < 4.78 is 1.03. The molecular formula is C25H55ClN2O. The predicted molar refractivity (Wildman–Crippen MR) is 126 cm³/mol. The van der Waals surface area contributed by atoms with Gasteiger partial charge in [-0.1, -0.05) is 104 Å². The molecule has 4 heteroatoms. The summed E-state index contributed by atoms with van der Waals surface area (Å²) in [5.41, 5.74) is 3.10. The van der Waals surface area contributed by atoms with Gasteiger partial charge in [-0.25, -0.2) is 5.48 Å². The first-order valence-corrected chi connectivity index (χ1v) is 12.6. The van der Waals surface area contributed by atoms with Crippen LogP contribution in [0.25, 0.3) is 0 Å². The normalized spacial score (nSPS) is 12.7. The van der Waals surface area contributed by atoms with Gasteiger partial charge in [-0.05, 0) is 12.3 Å². The molecular weight excluding hydrogens is 380 g/mol. The van der Waals surface area contributed by atoms with E-state index in [0.717, 1.165) is 23.6 Å². The molecule has 1 unspecified atom stereocenters. The Labute approximate surface area is 190 Å². The maximum atomic E-state index is 5.52. The molecule has 0 saturated carbocycles. The zero-order valence-electron chi connectivity index (χ0n) is 20.7. The number of rotatable bonds is 22. The van der Waals surface area contributed by atoms with Crippen LogP contribution in [0.2, 0.25) is 0 Å². The average Bonchev–Trinajstić information content (AvgIpc) is 2.64.